The molecule has 0 aliphatic carbocycles. The topological polar surface area (TPSA) is 61.0 Å². The molecule has 0 amide bonds. The second kappa shape index (κ2) is 3.48. The summed E-state index contributed by atoms with van der Waals surface area (Å²) in [6.45, 7) is 0.586. The Labute approximate surface area is 93.1 Å². The number of nitrogens with zero attached hydrogens (tertiary/aromatic N) is 2. The number of aromatic nitrogens is 2. The van der Waals surface area contributed by atoms with Crippen LogP contribution in [0.1, 0.15) is 17.3 Å². The van der Waals surface area contributed by atoms with Gasteiger partial charge in [0, 0.05) is 11.8 Å². The monoisotopic (exact) mass is 213 g/mol. The lowest BCUT2D eigenvalue weighted by molar-refractivity contribution is 0.340. The van der Waals surface area contributed by atoms with Gasteiger partial charge in [0.2, 0.25) is 0 Å². The van der Waals surface area contributed by atoms with Crippen LogP contribution in [0.3, 0.4) is 0 Å². The smallest absolute Gasteiger partial charge is 0.141 e. The molecule has 1 unspecified atom stereocenters. The molecule has 0 saturated heterocycles. The van der Waals surface area contributed by atoms with Gasteiger partial charge in [-0.15, -0.1) is 0 Å². The largest absolute Gasteiger partial charge is 0.492 e. The lowest BCUT2D eigenvalue weighted by Gasteiger charge is -2.06. The first-order valence-corrected chi connectivity index (χ1v) is 5.15. The predicted molar refractivity (Wildman–Crippen MR) is 60.2 cm³/mol. The molecule has 2 aromatic rings. The Kier molecular flexibility index (Phi) is 1.99. The Balaban J connectivity index is 2.05. The van der Waals surface area contributed by atoms with Crippen LogP contribution < -0.4 is 10.5 Å². The van der Waals surface area contributed by atoms with Gasteiger partial charge in [0.1, 0.15) is 24.0 Å². The van der Waals surface area contributed by atoms with Crippen LogP contribution in [0, 0.1) is 0 Å². The maximum Gasteiger partial charge on any atom is 0.141 e. The maximum atomic E-state index is 5.65. The molecular weight excluding hydrogens is 202 g/mol. The number of nitrogen functional groups attached to an aromatic ring is 1. The molecule has 0 radical (unpaired) electrons. The Bertz CT molecular complexity index is 527. The van der Waals surface area contributed by atoms with Crippen molar-refractivity contribution in [2.45, 2.75) is 5.92 Å². The van der Waals surface area contributed by atoms with Crippen molar-refractivity contribution < 1.29 is 4.74 Å². The molecule has 0 bridgehead atoms. The minimum atomic E-state index is 0.0969. The molecule has 1 atom stereocenters. The number of para-hydroxylation sites is 1. The van der Waals surface area contributed by atoms with Crippen molar-refractivity contribution in [3.05, 3.63) is 47.9 Å². The summed E-state index contributed by atoms with van der Waals surface area (Å²) >= 11 is 0. The highest BCUT2D eigenvalue weighted by Gasteiger charge is 2.27. The zero-order valence-electron chi connectivity index (χ0n) is 8.63. The van der Waals surface area contributed by atoms with E-state index in [9.17, 15) is 0 Å². The van der Waals surface area contributed by atoms with Crippen molar-refractivity contribution in [3.63, 3.8) is 0 Å². The van der Waals surface area contributed by atoms with Gasteiger partial charge in [-0.05, 0) is 12.1 Å². The van der Waals surface area contributed by atoms with E-state index in [1.54, 1.807) is 12.3 Å². The minimum Gasteiger partial charge on any atom is -0.492 e. The summed E-state index contributed by atoms with van der Waals surface area (Å²) in [5.41, 5.74) is 6.79. The molecule has 4 heteroatoms. The molecule has 2 N–H and O–H groups in total. The van der Waals surface area contributed by atoms with Gasteiger partial charge in [0.25, 0.3) is 0 Å². The lowest BCUT2D eigenvalue weighted by Crippen LogP contribution is -2.08. The highest BCUT2D eigenvalue weighted by atomic mass is 16.5. The van der Waals surface area contributed by atoms with Crippen molar-refractivity contribution >= 4 is 5.82 Å². The summed E-state index contributed by atoms with van der Waals surface area (Å²) in [7, 11) is 0. The fourth-order valence-corrected chi connectivity index (χ4v) is 1.93. The van der Waals surface area contributed by atoms with Crippen molar-refractivity contribution in [1.82, 2.24) is 9.97 Å². The second-order valence-corrected chi connectivity index (χ2v) is 3.74. The first-order valence-electron chi connectivity index (χ1n) is 5.15. The fourth-order valence-electron chi connectivity index (χ4n) is 1.93. The summed E-state index contributed by atoms with van der Waals surface area (Å²) in [6.07, 6.45) is 1.68. The number of fused-ring (bicyclic) bond motifs is 1. The van der Waals surface area contributed by atoms with Crippen LogP contribution in [-0.4, -0.2) is 16.6 Å². The molecule has 3 rings (SSSR count). The lowest BCUT2D eigenvalue weighted by atomic mass is 10.0. The third-order valence-electron chi connectivity index (χ3n) is 2.71. The van der Waals surface area contributed by atoms with E-state index < -0.39 is 0 Å². The number of hydrogen-bond acceptors (Lipinski definition) is 4. The van der Waals surface area contributed by atoms with E-state index in [0.29, 0.717) is 12.4 Å². The fraction of sp³-hybridized carbons (Fsp3) is 0.167. The molecule has 2 heterocycles. The Morgan fingerprint density at radius 2 is 2.12 bits per heavy atom. The third kappa shape index (κ3) is 1.39. The summed E-state index contributed by atoms with van der Waals surface area (Å²) < 4.78 is 5.58. The van der Waals surface area contributed by atoms with Gasteiger partial charge >= 0.3 is 0 Å². The summed E-state index contributed by atoms with van der Waals surface area (Å²) in [5, 5.41) is 0. The number of anilines is 1. The van der Waals surface area contributed by atoms with Crippen LogP contribution in [0.15, 0.2) is 36.5 Å². The van der Waals surface area contributed by atoms with Gasteiger partial charge in [-0.2, -0.15) is 0 Å². The van der Waals surface area contributed by atoms with E-state index in [1.165, 1.54) is 0 Å². The van der Waals surface area contributed by atoms with E-state index >= 15 is 0 Å². The molecule has 0 spiro atoms. The summed E-state index contributed by atoms with van der Waals surface area (Å²) in [4.78, 5) is 8.49. The Hall–Kier alpha value is -2.10. The van der Waals surface area contributed by atoms with Crippen LogP contribution >= 0.6 is 0 Å². The van der Waals surface area contributed by atoms with Gasteiger partial charge in [0.15, 0.2) is 0 Å². The molecule has 16 heavy (non-hydrogen) atoms. The molecule has 0 fully saturated rings. The van der Waals surface area contributed by atoms with Crippen molar-refractivity contribution in [2.75, 3.05) is 12.3 Å². The summed E-state index contributed by atoms with van der Waals surface area (Å²) in [6, 6.07) is 9.64. The minimum absolute atomic E-state index is 0.0969. The molecule has 0 saturated carbocycles. The Morgan fingerprint density at radius 1 is 1.25 bits per heavy atom. The van der Waals surface area contributed by atoms with Crippen molar-refractivity contribution in [3.8, 4) is 5.75 Å². The quantitative estimate of drug-likeness (QED) is 0.781. The molecule has 80 valence electrons. The predicted octanol–water partition coefficient (Wildman–Crippen LogP) is 1.58. The second-order valence-electron chi connectivity index (χ2n) is 3.74. The van der Waals surface area contributed by atoms with E-state index in [1.807, 2.05) is 24.3 Å². The number of benzene rings is 1. The third-order valence-corrected chi connectivity index (χ3v) is 2.71. The standard InChI is InChI=1S/C12H11N3O/c13-11-5-6-14-12(15-11)9-7-16-10-4-2-1-3-8(9)10/h1-6,9H,7H2,(H2,13,14,15). The number of ether oxygens (including phenoxy) is 1. The van der Waals surface area contributed by atoms with Crippen LogP contribution in [-0.2, 0) is 0 Å². The molecule has 1 aliphatic rings. The van der Waals surface area contributed by atoms with E-state index in [-0.39, 0.29) is 5.92 Å². The molecule has 1 aliphatic heterocycles. The van der Waals surface area contributed by atoms with Gasteiger partial charge in [0.05, 0.1) is 5.92 Å². The van der Waals surface area contributed by atoms with Gasteiger partial charge < -0.3 is 10.5 Å². The normalized spacial score (nSPS) is 17.9. The average molecular weight is 213 g/mol. The first kappa shape index (κ1) is 9.15. The average Bonchev–Trinajstić information content (AvgIpc) is 2.72. The first-order chi connectivity index (χ1) is 7.84. The van der Waals surface area contributed by atoms with Gasteiger partial charge in [-0.25, -0.2) is 9.97 Å². The zero-order chi connectivity index (χ0) is 11.0. The highest BCUT2D eigenvalue weighted by Crippen LogP contribution is 2.36. The highest BCUT2D eigenvalue weighted by molar-refractivity contribution is 5.43. The zero-order valence-corrected chi connectivity index (χ0v) is 8.63. The Morgan fingerprint density at radius 3 is 3.00 bits per heavy atom. The number of hydrogen-bond donors (Lipinski definition) is 1. The number of rotatable bonds is 1. The van der Waals surface area contributed by atoms with Crippen LogP contribution in [0.2, 0.25) is 0 Å². The van der Waals surface area contributed by atoms with Crippen LogP contribution in [0.25, 0.3) is 0 Å². The molecule has 4 nitrogen and oxygen atoms in total. The van der Waals surface area contributed by atoms with E-state index in [4.69, 9.17) is 10.5 Å². The molecule has 1 aromatic heterocycles. The van der Waals surface area contributed by atoms with E-state index in [2.05, 4.69) is 9.97 Å². The van der Waals surface area contributed by atoms with Crippen LogP contribution in [0.5, 0.6) is 5.75 Å². The summed E-state index contributed by atoms with van der Waals surface area (Å²) in [5.74, 6) is 2.23. The van der Waals surface area contributed by atoms with E-state index in [0.717, 1.165) is 17.1 Å². The van der Waals surface area contributed by atoms with Gasteiger partial charge in [-0.3, -0.25) is 0 Å². The molecular formula is C12H11N3O. The molecule has 1 aromatic carbocycles. The number of nitrogens with two attached hydrogens (primary N) is 1. The maximum absolute atomic E-state index is 5.65. The van der Waals surface area contributed by atoms with Gasteiger partial charge in [-0.1, -0.05) is 18.2 Å². The SMILES string of the molecule is Nc1ccnc(C2COc3ccccc32)n1. The van der Waals surface area contributed by atoms with Crippen LogP contribution in [0.4, 0.5) is 5.82 Å². The van der Waals surface area contributed by atoms with Crippen molar-refractivity contribution in [1.29, 1.82) is 0 Å². The van der Waals surface area contributed by atoms with Crippen molar-refractivity contribution in [2.24, 2.45) is 0 Å².